The summed E-state index contributed by atoms with van der Waals surface area (Å²) in [6.07, 6.45) is 4.91. The first-order valence-electron chi connectivity index (χ1n) is 28.9. The molecule has 4 atom stereocenters. The number of nitrogens with zero attached hydrogens (tertiary/aromatic N) is 6. The summed E-state index contributed by atoms with van der Waals surface area (Å²) >= 11 is 3.78. The summed E-state index contributed by atoms with van der Waals surface area (Å²) in [5, 5.41) is 5.42. The molecule has 4 fully saturated rings. The Hall–Kier alpha value is -9.34. The summed E-state index contributed by atoms with van der Waals surface area (Å²) in [6.45, 7) is 0. The highest BCUT2D eigenvalue weighted by molar-refractivity contribution is 7.26. The maximum absolute atomic E-state index is 5.39. The number of benzene rings is 10. The lowest BCUT2D eigenvalue weighted by molar-refractivity contribution is -0.412. The second-order valence-electron chi connectivity index (χ2n) is 23.4. The van der Waals surface area contributed by atoms with Gasteiger partial charge in [-0.05, 0) is 101 Å². The van der Waals surface area contributed by atoms with E-state index in [-0.39, 0.29) is 16.2 Å². The van der Waals surface area contributed by atoms with Crippen molar-refractivity contribution in [2.75, 3.05) is 0 Å². The van der Waals surface area contributed by atoms with E-state index in [9.17, 15) is 0 Å². The molecule has 8 heteroatoms. The van der Waals surface area contributed by atoms with Crippen molar-refractivity contribution >= 4 is 63.0 Å². The molecule has 0 N–H and O–H groups in total. The van der Waals surface area contributed by atoms with Gasteiger partial charge in [-0.2, -0.15) is 0 Å². The van der Waals surface area contributed by atoms with Gasteiger partial charge in [0.15, 0.2) is 34.9 Å². The maximum atomic E-state index is 5.39. The summed E-state index contributed by atoms with van der Waals surface area (Å²) < 4.78 is 5.11. The maximum Gasteiger partial charge on any atom is 0.165 e. The van der Waals surface area contributed by atoms with Crippen LogP contribution in [0.15, 0.2) is 243 Å². The minimum atomic E-state index is 0.0555. The second-order valence-corrected chi connectivity index (χ2v) is 25.5. The number of aromatic nitrogens is 6. The first-order valence-corrected chi connectivity index (χ1v) is 30.5. The Kier molecular flexibility index (Phi) is 10.2. The Balaban J connectivity index is 0.773. The molecule has 4 unspecified atom stereocenters. The van der Waals surface area contributed by atoms with Gasteiger partial charge in [-0.1, -0.05) is 218 Å². The SMILES string of the molecule is c1ccc(-c2ccc(-c3nc(-c4ccccc4)nc(-c4ccc(C56CC7CC8CC(c9ccc(-c%10nc(-c%11ccccc%11)nc(-c%11ccc(-c%12ccccc%12)cc%11)n%10)c%10sc%11ccccc%11c9%10)(C5)C786)c5c4sc4ccccc45)n3)cc2)cc1. The van der Waals surface area contributed by atoms with E-state index >= 15 is 0 Å². The normalized spacial score (nSPS) is 21.0. The van der Waals surface area contributed by atoms with Gasteiger partial charge in [0.25, 0.3) is 0 Å². The van der Waals surface area contributed by atoms with E-state index in [0.29, 0.717) is 46.8 Å². The van der Waals surface area contributed by atoms with Crippen LogP contribution < -0.4 is 0 Å². The van der Waals surface area contributed by atoms with E-state index in [1.54, 1.807) is 0 Å². The highest BCUT2D eigenvalue weighted by Crippen LogP contribution is 2.97. The fourth-order valence-corrected chi connectivity index (χ4v) is 18.9. The fraction of sp³-hybridized carbons (Fsp3) is 0.120. The number of hydrogen-bond acceptors (Lipinski definition) is 8. The van der Waals surface area contributed by atoms with Crippen LogP contribution in [0.5, 0.6) is 0 Å². The first kappa shape index (κ1) is 47.3. The van der Waals surface area contributed by atoms with Crippen LogP contribution in [-0.2, 0) is 10.8 Å². The van der Waals surface area contributed by atoms with E-state index in [2.05, 4.69) is 231 Å². The van der Waals surface area contributed by atoms with Gasteiger partial charge in [0, 0.05) is 84.6 Å². The number of hydrogen-bond donors (Lipinski definition) is 0. The molecule has 0 saturated heterocycles. The smallest absolute Gasteiger partial charge is 0.165 e. The van der Waals surface area contributed by atoms with Crippen LogP contribution in [0.2, 0.25) is 0 Å². The van der Waals surface area contributed by atoms with Crippen LogP contribution in [0.4, 0.5) is 0 Å². The van der Waals surface area contributed by atoms with Crippen molar-refractivity contribution in [1.82, 2.24) is 29.9 Å². The van der Waals surface area contributed by atoms with Gasteiger partial charge in [-0.15, -0.1) is 22.7 Å². The third kappa shape index (κ3) is 6.70. The minimum absolute atomic E-state index is 0.0555. The van der Waals surface area contributed by atoms with Crippen LogP contribution in [0, 0.1) is 17.3 Å². The molecule has 6 nitrogen and oxygen atoms in total. The standard InChI is InChI=1S/C75H50N6S2/c1-5-17-45(18-6-1)47-29-33-51(34-30-47)69-76-67(49-21-9-3-10-22-49)78-71(80-69)57-37-39-59(63-55-25-13-15-27-61(55)82-65(57)63)73-42-53-41-54-43-74(44-73,75(53,54)73)60-40-38-58(66-64(60)56-26-14-16-28-62(56)83-66)72-79-68(50-23-11-4-12-24-50)77-70(81-72)52-35-31-48(32-36-52)46-19-7-2-8-20-46/h1-40,53-54H,41-44H2. The zero-order valence-electron chi connectivity index (χ0n) is 45.1. The molecule has 0 aliphatic heterocycles. The number of thiophene rings is 2. The predicted octanol–water partition coefficient (Wildman–Crippen LogP) is 19.1. The molecular formula is C75H50N6S2. The Morgan fingerprint density at radius 2 is 0.614 bits per heavy atom. The van der Waals surface area contributed by atoms with E-state index in [1.807, 2.05) is 34.8 Å². The fourth-order valence-electron chi connectivity index (χ4n) is 16.4. The average molecular weight is 1100 g/mol. The third-order valence-corrected chi connectivity index (χ3v) is 22.0. The van der Waals surface area contributed by atoms with Gasteiger partial charge in [-0.25, -0.2) is 29.9 Å². The van der Waals surface area contributed by atoms with Gasteiger partial charge >= 0.3 is 0 Å². The van der Waals surface area contributed by atoms with Gasteiger partial charge in [0.05, 0.1) is 0 Å². The summed E-state index contributed by atoms with van der Waals surface area (Å²) in [7, 11) is 0. The molecule has 4 saturated carbocycles. The second kappa shape index (κ2) is 17.8. The molecule has 10 aromatic carbocycles. The summed E-state index contributed by atoms with van der Waals surface area (Å²) in [5.74, 6) is 5.46. The quantitative estimate of drug-likeness (QED) is 0.136. The van der Waals surface area contributed by atoms with Crippen LogP contribution in [-0.4, -0.2) is 29.9 Å². The van der Waals surface area contributed by atoms with E-state index in [0.717, 1.165) is 50.9 Å². The van der Waals surface area contributed by atoms with E-state index in [1.165, 1.54) is 81.9 Å². The molecule has 4 heterocycles. The molecule has 0 amide bonds. The van der Waals surface area contributed by atoms with Crippen LogP contribution in [0.1, 0.15) is 36.8 Å². The highest BCUT2D eigenvalue weighted by atomic mass is 32.1. The molecule has 14 aromatic rings. The Bertz CT molecular complexity index is 4620. The lowest BCUT2D eigenvalue weighted by Crippen LogP contribution is -2.93. The van der Waals surface area contributed by atoms with Crippen molar-refractivity contribution in [2.45, 2.75) is 36.5 Å². The highest BCUT2D eigenvalue weighted by Gasteiger charge is 2.94. The largest absolute Gasteiger partial charge is 0.208 e. The lowest BCUT2D eigenvalue weighted by Gasteiger charge is -2.96. The molecule has 1 spiro atoms. The number of fused-ring (bicyclic) bond motifs is 6. The van der Waals surface area contributed by atoms with Gasteiger partial charge in [-0.3, -0.25) is 0 Å². The van der Waals surface area contributed by atoms with Crippen LogP contribution >= 0.6 is 22.7 Å². The average Bonchev–Trinajstić information content (AvgIpc) is 0.686. The zero-order valence-corrected chi connectivity index (χ0v) is 46.7. The van der Waals surface area contributed by atoms with Crippen molar-refractivity contribution in [3.05, 3.63) is 254 Å². The molecule has 392 valence electrons. The molecule has 0 radical (unpaired) electrons. The van der Waals surface area contributed by atoms with Crippen molar-refractivity contribution < 1.29 is 0 Å². The zero-order chi connectivity index (χ0) is 54.4. The third-order valence-electron chi connectivity index (χ3n) is 19.6. The van der Waals surface area contributed by atoms with Crippen molar-refractivity contribution in [2.24, 2.45) is 17.3 Å². The molecular weight excluding hydrogens is 1050 g/mol. The minimum Gasteiger partial charge on any atom is -0.208 e. The Morgan fingerprint density at radius 1 is 0.301 bits per heavy atom. The van der Waals surface area contributed by atoms with Crippen LogP contribution in [0.25, 0.3) is 131 Å². The van der Waals surface area contributed by atoms with Gasteiger partial charge in [0.1, 0.15) is 0 Å². The Morgan fingerprint density at radius 3 is 1.00 bits per heavy atom. The molecule has 4 aliphatic rings. The monoisotopic (exact) mass is 1100 g/mol. The summed E-state index contributed by atoms with van der Waals surface area (Å²) in [4.78, 5) is 31.8. The van der Waals surface area contributed by atoms with E-state index in [4.69, 9.17) is 29.9 Å². The first-order chi connectivity index (χ1) is 41.0. The predicted molar refractivity (Wildman–Crippen MR) is 340 cm³/mol. The van der Waals surface area contributed by atoms with Crippen LogP contribution in [0.3, 0.4) is 0 Å². The van der Waals surface area contributed by atoms with Crippen molar-refractivity contribution in [3.63, 3.8) is 0 Å². The van der Waals surface area contributed by atoms with E-state index < -0.39 is 0 Å². The van der Waals surface area contributed by atoms with Crippen molar-refractivity contribution in [1.29, 1.82) is 0 Å². The lowest BCUT2D eigenvalue weighted by atomic mass is 9.07. The molecule has 4 aromatic heterocycles. The van der Waals surface area contributed by atoms with Crippen molar-refractivity contribution in [3.8, 4) is 90.6 Å². The molecule has 18 rings (SSSR count). The summed E-state index contributed by atoms with van der Waals surface area (Å²) in [5.41, 5.74) is 14.0. The Labute approximate surface area is 488 Å². The van der Waals surface area contributed by atoms with Gasteiger partial charge < -0.3 is 0 Å². The van der Waals surface area contributed by atoms with Gasteiger partial charge in [0.2, 0.25) is 0 Å². The molecule has 4 aliphatic carbocycles. The topological polar surface area (TPSA) is 77.3 Å². The molecule has 0 bridgehead atoms. The molecule has 83 heavy (non-hydrogen) atoms. The summed E-state index contributed by atoms with van der Waals surface area (Å²) in [6, 6.07) is 86.9. The number of rotatable bonds is 10.